The van der Waals surface area contributed by atoms with Gasteiger partial charge in [0.25, 0.3) is 5.91 Å². The van der Waals surface area contributed by atoms with Crippen molar-refractivity contribution in [1.82, 2.24) is 5.32 Å². The fourth-order valence-electron chi connectivity index (χ4n) is 3.06. The molecule has 0 heterocycles. The van der Waals surface area contributed by atoms with Crippen molar-refractivity contribution in [3.63, 3.8) is 0 Å². The fraction of sp³-hybridized carbons (Fsp3) is 0.154. The minimum Gasteiger partial charge on any atom is -0.488 e. The summed E-state index contributed by atoms with van der Waals surface area (Å²) in [6, 6.07) is 22.7. The number of benzene rings is 3. The zero-order valence-corrected chi connectivity index (χ0v) is 20.8. The Morgan fingerprint density at radius 1 is 1.03 bits per heavy atom. The number of amides is 1. The average Bonchev–Trinajstić information content (AvgIpc) is 2.82. The van der Waals surface area contributed by atoms with Gasteiger partial charge in [-0.1, -0.05) is 65.7 Å². The third-order valence-corrected chi connectivity index (χ3v) is 6.14. The lowest BCUT2D eigenvalue weighted by Crippen LogP contribution is -2.25. The number of rotatable bonds is 9. The Hall–Kier alpha value is -2.78. The lowest BCUT2D eigenvalue weighted by molar-refractivity contribution is -0.117. The maximum atomic E-state index is 12.4. The summed E-state index contributed by atoms with van der Waals surface area (Å²) in [5, 5.41) is 13.2. The molecule has 3 aromatic carbocycles. The number of aryl methyl sites for hydroxylation is 1. The van der Waals surface area contributed by atoms with E-state index in [1.54, 1.807) is 36.4 Å². The minimum absolute atomic E-state index is 0.0473. The van der Waals surface area contributed by atoms with Gasteiger partial charge < -0.3 is 10.1 Å². The Kier molecular flexibility index (Phi) is 9.38. The van der Waals surface area contributed by atoms with Crippen molar-refractivity contribution in [3.8, 4) is 11.8 Å². The van der Waals surface area contributed by atoms with Gasteiger partial charge in [0.05, 0.1) is 14.5 Å². The van der Waals surface area contributed by atoms with E-state index in [0.29, 0.717) is 39.0 Å². The second kappa shape index (κ2) is 12.5. The molecule has 0 bridgehead atoms. The van der Waals surface area contributed by atoms with E-state index in [1.165, 1.54) is 5.56 Å². The number of halogens is 3. The molecule has 0 atom stereocenters. The highest BCUT2D eigenvalue weighted by molar-refractivity contribution is 9.10. The van der Waals surface area contributed by atoms with E-state index in [1.807, 2.05) is 30.3 Å². The van der Waals surface area contributed by atoms with E-state index in [4.69, 9.17) is 27.9 Å². The number of carbonyl (C=O) groups excluding carboxylic acids is 1. The molecule has 168 valence electrons. The van der Waals surface area contributed by atoms with Crippen LogP contribution in [0.25, 0.3) is 6.08 Å². The lowest BCUT2D eigenvalue weighted by Gasteiger charge is -2.10. The van der Waals surface area contributed by atoms with Gasteiger partial charge in [0.1, 0.15) is 24.0 Å². The molecule has 0 saturated heterocycles. The van der Waals surface area contributed by atoms with Crippen LogP contribution in [0.3, 0.4) is 0 Å². The first-order valence-corrected chi connectivity index (χ1v) is 11.8. The highest BCUT2D eigenvalue weighted by Crippen LogP contribution is 2.29. The Morgan fingerprint density at radius 2 is 1.82 bits per heavy atom. The van der Waals surface area contributed by atoms with Gasteiger partial charge in [-0.05, 0) is 75.8 Å². The minimum atomic E-state index is -0.387. The molecule has 1 amide bonds. The van der Waals surface area contributed by atoms with Crippen LogP contribution in [0.1, 0.15) is 23.1 Å². The summed E-state index contributed by atoms with van der Waals surface area (Å²) in [7, 11) is 0. The van der Waals surface area contributed by atoms with E-state index in [2.05, 4.69) is 33.4 Å². The number of nitrogens with zero attached hydrogens (tertiary/aromatic N) is 1. The highest BCUT2D eigenvalue weighted by Gasteiger charge is 2.10. The smallest absolute Gasteiger partial charge is 0.261 e. The van der Waals surface area contributed by atoms with Crippen LogP contribution >= 0.6 is 39.1 Å². The van der Waals surface area contributed by atoms with Gasteiger partial charge in [-0.15, -0.1) is 0 Å². The van der Waals surface area contributed by atoms with Crippen LogP contribution in [0.4, 0.5) is 0 Å². The SMILES string of the molecule is N#C/C(=C/c1ccc(OCc2ccc(Cl)c(Cl)c2)c(Br)c1)C(=O)NCCCc1ccccc1. The van der Waals surface area contributed by atoms with Crippen molar-refractivity contribution in [2.75, 3.05) is 6.54 Å². The Bertz CT molecular complexity index is 1190. The lowest BCUT2D eigenvalue weighted by atomic mass is 10.1. The molecular formula is C26H21BrCl2N2O2. The molecule has 0 aliphatic rings. The quantitative estimate of drug-likeness (QED) is 0.180. The molecular weight excluding hydrogens is 523 g/mol. The molecule has 0 spiro atoms. The second-order valence-electron chi connectivity index (χ2n) is 7.24. The first kappa shape index (κ1) is 24.9. The monoisotopic (exact) mass is 542 g/mol. The molecule has 7 heteroatoms. The van der Waals surface area contributed by atoms with Gasteiger partial charge in [-0.25, -0.2) is 0 Å². The Labute approximate surface area is 211 Å². The molecule has 0 fully saturated rings. The second-order valence-corrected chi connectivity index (χ2v) is 8.91. The summed E-state index contributed by atoms with van der Waals surface area (Å²) < 4.78 is 6.55. The highest BCUT2D eigenvalue weighted by atomic mass is 79.9. The molecule has 0 aliphatic carbocycles. The number of carbonyl (C=O) groups is 1. The van der Waals surface area contributed by atoms with Crippen molar-refractivity contribution in [2.45, 2.75) is 19.4 Å². The first-order chi connectivity index (χ1) is 16.0. The average molecular weight is 544 g/mol. The predicted octanol–water partition coefficient (Wildman–Crippen LogP) is 6.99. The molecule has 0 aromatic heterocycles. The van der Waals surface area contributed by atoms with Gasteiger partial charge in [0.15, 0.2) is 0 Å². The number of hydrogen-bond donors (Lipinski definition) is 1. The maximum absolute atomic E-state index is 12.4. The Morgan fingerprint density at radius 3 is 2.52 bits per heavy atom. The summed E-state index contributed by atoms with van der Waals surface area (Å²) in [4.78, 5) is 12.4. The van der Waals surface area contributed by atoms with Crippen LogP contribution < -0.4 is 10.1 Å². The third kappa shape index (κ3) is 7.64. The number of nitriles is 1. The molecule has 4 nitrogen and oxygen atoms in total. The summed E-state index contributed by atoms with van der Waals surface area (Å²) >= 11 is 15.5. The molecule has 33 heavy (non-hydrogen) atoms. The first-order valence-electron chi connectivity index (χ1n) is 10.3. The van der Waals surface area contributed by atoms with E-state index in [9.17, 15) is 10.1 Å². The summed E-state index contributed by atoms with van der Waals surface area (Å²) in [5.41, 5.74) is 2.86. The van der Waals surface area contributed by atoms with Crippen molar-refractivity contribution >= 4 is 51.1 Å². The summed E-state index contributed by atoms with van der Waals surface area (Å²) in [6.45, 7) is 0.817. The molecule has 0 unspecified atom stereocenters. The van der Waals surface area contributed by atoms with Crippen LogP contribution in [0, 0.1) is 11.3 Å². The largest absolute Gasteiger partial charge is 0.488 e. The van der Waals surface area contributed by atoms with Crippen molar-refractivity contribution in [1.29, 1.82) is 5.26 Å². The number of ether oxygens (including phenoxy) is 1. The number of hydrogen-bond acceptors (Lipinski definition) is 3. The van der Waals surface area contributed by atoms with Gasteiger partial charge in [-0.2, -0.15) is 5.26 Å². The van der Waals surface area contributed by atoms with E-state index >= 15 is 0 Å². The molecule has 3 aromatic rings. The molecule has 0 saturated carbocycles. The van der Waals surface area contributed by atoms with Gasteiger partial charge in [-0.3, -0.25) is 4.79 Å². The standard InChI is InChI=1S/C26H21BrCl2N2O2/c27-22-14-19(9-11-25(22)33-17-20-8-10-23(28)24(29)15-20)13-21(16-30)26(32)31-12-4-7-18-5-2-1-3-6-18/h1-3,5-6,8-11,13-15H,4,7,12,17H2,(H,31,32)/b21-13-. The Balaban J connectivity index is 1.56. The summed E-state index contributed by atoms with van der Waals surface area (Å²) in [6.07, 6.45) is 3.22. The molecule has 3 rings (SSSR count). The topological polar surface area (TPSA) is 62.1 Å². The molecule has 0 radical (unpaired) electrons. The van der Waals surface area contributed by atoms with Crippen LogP contribution in [-0.2, 0) is 17.8 Å². The zero-order chi connectivity index (χ0) is 23.6. The zero-order valence-electron chi connectivity index (χ0n) is 17.7. The predicted molar refractivity (Wildman–Crippen MR) is 136 cm³/mol. The van der Waals surface area contributed by atoms with E-state index in [0.717, 1.165) is 18.4 Å². The fourth-order valence-corrected chi connectivity index (χ4v) is 3.90. The molecule has 1 N–H and O–H groups in total. The van der Waals surface area contributed by atoms with Crippen molar-refractivity contribution in [2.24, 2.45) is 0 Å². The molecule has 0 aliphatic heterocycles. The van der Waals surface area contributed by atoms with Crippen LogP contribution in [0.2, 0.25) is 10.0 Å². The maximum Gasteiger partial charge on any atom is 0.261 e. The van der Waals surface area contributed by atoms with Crippen LogP contribution in [0.15, 0.2) is 76.8 Å². The van der Waals surface area contributed by atoms with Crippen LogP contribution in [-0.4, -0.2) is 12.5 Å². The van der Waals surface area contributed by atoms with Crippen molar-refractivity contribution < 1.29 is 9.53 Å². The number of nitrogens with one attached hydrogen (secondary N) is 1. The third-order valence-electron chi connectivity index (χ3n) is 4.78. The van der Waals surface area contributed by atoms with E-state index in [-0.39, 0.29) is 11.5 Å². The van der Waals surface area contributed by atoms with Gasteiger partial charge in [0.2, 0.25) is 0 Å². The van der Waals surface area contributed by atoms with E-state index < -0.39 is 0 Å². The summed E-state index contributed by atoms with van der Waals surface area (Å²) in [5.74, 6) is 0.240. The van der Waals surface area contributed by atoms with Gasteiger partial charge in [0, 0.05) is 6.54 Å². The van der Waals surface area contributed by atoms with Crippen LogP contribution in [0.5, 0.6) is 5.75 Å². The van der Waals surface area contributed by atoms with Crippen molar-refractivity contribution in [3.05, 3.63) is 104 Å². The van der Waals surface area contributed by atoms with Gasteiger partial charge >= 0.3 is 0 Å². The normalized spacial score (nSPS) is 11.0.